The molecule has 0 aliphatic carbocycles. The number of azo groups is 1. The van der Waals surface area contributed by atoms with Crippen LogP contribution in [0.3, 0.4) is 0 Å². The number of carboxylic acids is 1. The topological polar surface area (TPSA) is 258 Å². The van der Waals surface area contributed by atoms with Gasteiger partial charge in [0.1, 0.15) is 16.5 Å². The first-order valence-electron chi connectivity index (χ1n) is 12.9. The van der Waals surface area contributed by atoms with E-state index < -0.39 is 52.5 Å². The van der Waals surface area contributed by atoms with E-state index in [1.807, 2.05) is 40.7 Å². The molecule has 0 fully saturated rings. The number of fused-ring (bicyclic) bond motifs is 1. The number of nitriles is 1. The van der Waals surface area contributed by atoms with Crippen molar-refractivity contribution in [3.05, 3.63) is 41.0 Å². The Morgan fingerprint density at radius 1 is 1.07 bits per heavy atom. The van der Waals surface area contributed by atoms with E-state index in [2.05, 4.69) is 30.6 Å². The molecule has 0 aliphatic rings. The molecule has 4 N–H and O–H groups in total. The van der Waals surface area contributed by atoms with Gasteiger partial charge in [0.15, 0.2) is 17.3 Å². The second-order valence-electron chi connectivity index (χ2n) is 11.6. The number of H-pyrrole nitrogens is 1. The summed E-state index contributed by atoms with van der Waals surface area (Å²) in [5.74, 6) is -0.850. The number of aryl methyl sites for hydroxylation is 1. The summed E-state index contributed by atoms with van der Waals surface area (Å²) in [6.07, 6.45) is 0.151. The molecule has 0 aliphatic heterocycles. The lowest BCUT2D eigenvalue weighted by Gasteiger charge is -2.21. The number of aliphatic carboxylic acids is 1. The Kier molecular flexibility index (Phi) is 8.02. The summed E-state index contributed by atoms with van der Waals surface area (Å²) < 4.78 is 69.9. The Hall–Kier alpha value is -4.51. The molecule has 17 nitrogen and oxygen atoms in total. The van der Waals surface area contributed by atoms with Crippen LogP contribution in [0.2, 0.25) is 0 Å². The zero-order chi connectivity index (χ0) is 33.0. The molecule has 44 heavy (non-hydrogen) atoms. The maximum Gasteiger partial charge on any atom is 0.303 e. The average molecular weight is 648 g/mol. The molecule has 19 heteroatoms. The summed E-state index contributed by atoms with van der Waals surface area (Å²) in [7, 11) is -9.78. The Balaban J connectivity index is 1.98. The molecule has 234 valence electrons. The highest BCUT2D eigenvalue weighted by Gasteiger charge is 2.33. The maximum absolute atomic E-state index is 12.2. The SMILES string of the molecule is Cc1nn(-c2cc(S(=O)(=O)O)ccc2S(=O)(=O)O)c(N=Nc2c(C(C)(C)C)[nH]n3c(C(C)(C)CCC(=O)O)nnc23)c1C#N. The van der Waals surface area contributed by atoms with Gasteiger partial charge in [-0.2, -0.15) is 27.2 Å². The highest BCUT2D eigenvalue weighted by molar-refractivity contribution is 7.86. The molecule has 1 aromatic carbocycles. The number of benzene rings is 1. The summed E-state index contributed by atoms with van der Waals surface area (Å²) in [5.41, 5.74) is -0.940. The standard InChI is InChI=1S/C25H29N9O8S2/c1-13-15(12-26)21(33(31-13)16-11-14(43(37,38)39)7-8-17(16)44(40,41)42)28-27-19-20(24(2,3)4)32-34-22(19)29-30-23(34)25(5,6)10-9-18(35)36/h7-8,11,32H,9-10H2,1-6H3,(H,35,36)(H,37,38,39)(H,40,41,42). The van der Waals surface area contributed by atoms with E-state index in [-0.39, 0.29) is 41.3 Å². The number of nitrogens with one attached hydrogen (secondary N) is 1. The van der Waals surface area contributed by atoms with Crippen LogP contribution in [0.25, 0.3) is 11.3 Å². The van der Waals surface area contributed by atoms with Gasteiger partial charge in [-0.05, 0) is 31.5 Å². The van der Waals surface area contributed by atoms with E-state index in [0.29, 0.717) is 11.5 Å². The van der Waals surface area contributed by atoms with Gasteiger partial charge in [-0.1, -0.05) is 34.6 Å². The van der Waals surface area contributed by atoms with E-state index in [1.165, 1.54) is 6.92 Å². The second-order valence-corrected chi connectivity index (χ2v) is 14.4. The lowest BCUT2D eigenvalue weighted by Crippen LogP contribution is -2.23. The summed E-state index contributed by atoms with van der Waals surface area (Å²) in [6, 6.07) is 4.20. The number of hydrogen-bond donors (Lipinski definition) is 4. The van der Waals surface area contributed by atoms with Crippen molar-refractivity contribution in [2.75, 3.05) is 0 Å². The van der Waals surface area contributed by atoms with Gasteiger partial charge in [-0.15, -0.1) is 20.4 Å². The lowest BCUT2D eigenvalue weighted by molar-refractivity contribution is -0.137. The summed E-state index contributed by atoms with van der Waals surface area (Å²) in [5, 5.41) is 43.5. The van der Waals surface area contributed by atoms with Crippen LogP contribution in [0.4, 0.5) is 11.5 Å². The molecule has 3 heterocycles. The predicted octanol–water partition coefficient (Wildman–Crippen LogP) is 3.77. The first-order chi connectivity index (χ1) is 20.2. The summed E-state index contributed by atoms with van der Waals surface area (Å²) in [6.45, 7) is 10.7. The fraction of sp³-hybridized carbons (Fsp3) is 0.400. The first kappa shape index (κ1) is 32.4. The number of carboxylic acid groups (broad SMARTS) is 1. The number of rotatable bonds is 9. The maximum atomic E-state index is 12.2. The Labute approximate surface area is 251 Å². The minimum Gasteiger partial charge on any atom is -0.481 e. The third-order valence-corrected chi connectivity index (χ3v) is 8.53. The molecule has 4 aromatic rings. The van der Waals surface area contributed by atoms with Crippen molar-refractivity contribution in [3.8, 4) is 11.8 Å². The van der Waals surface area contributed by atoms with Crippen molar-refractivity contribution in [1.82, 2.24) is 29.6 Å². The van der Waals surface area contributed by atoms with Gasteiger partial charge < -0.3 is 5.11 Å². The fourth-order valence-electron chi connectivity index (χ4n) is 4.45. The molecule has 0 atom stereocenters. The fourth-order valence-corrected chi connectivity index (χ4v) is 5.60. The largest absolute Gasteiger partial charge is 0.481 e. The molecule has 0 bridgehead atoms. The van der Waals surface area contributed by atoms with Crippen LogP contribution in [-0.4, -0.2) is 66.6 Å². The van der Waals surface area contributed by atoms with Gasteiger partial charge in [-0.3, -0.25) is 19.0 Å². The quantitative estimate of drug-likeness (QED) is 0.149. The molecule has 0 saturated heterocycles. The van der Waals surface area contributed by atoms with E-state index in [0.717, 1.165) is 22.9 Å². The van der Waals surface area contributed by atoms with Crippen LogP contribution < -0.4 is 0 Å². The Morgan fingerprint density at radius 2 is 1.73 bits per heavy atom. The molecular weight excluding hydrogens is 618 g/mol. The summed E-state index contributed by atoms with van der Waals surface area (Å²) >= 11 is 0. The Bertz CT molecular complexity index is 2090. The minimum absolute atomic E-state index is 0.0696. The van der Waals surface area contributed by atoms with Crippen molar-refractivity contribution in [2.24, 2.45) is 10.2 Å². The normalized spacial score (nSPS) is 13.2. The van der Waals surface area contributed by atoms with E-state index in [9.17, 15) is 41.1 Å². The highest BCUT2D eigenvalue weighted by Crippen LogP contribution is 2.38. The predicted molar refractivity (Wildman–Crippen MR) is 153 cm³/mol. The molecule has 0 saturated carbocycles. The molecule has 0 radical (unpaired) electrons. The van der Waals surface area contributed by atoms with E-state index in [4.69, 9.17) is 0 Å². The third-order valence-electron chi connectivity index (χ3n) is 6.78. The van der Waals surface area contributed by atoms with Crippen molar-refractivity contribution < 1.29 is 35.8 Å². The molecular formula is C25H29N9O8S2. The molecule has 0 spiro atoms. The van der Waals surface area contributed by atoms with Crippen LogP contribution in [0.15, 0.2) is 38.2 Å². The number of carbonyl (C=O) groups is 1. The number of aromatic amines is 1. The van der Waals surface area contributed by atoms with Crippen molar-refractivity contribution in [2.45, 2.75) is 75.0 Å². The monoisotopic (exact) mass is 647 g/mol. The molecule has 3 aromatic heterocycles. The van der Waals surface area contributed by atoms with Gasteiger partial charge in [0.2, 0.25) is 5.65 Å². The molecule has 4 rings (SSSR count). The van der Waals surface area contributed by atoms with Crippen molar-refractivity contribution >= 4 is 43.4 Å². The first-order valence-corrected chi connectivity index (χ1v) is 15.8. The van der Waals surface area contributed by atoms with Crippen LogP contribution in [-0.2, 0) is 35.9 Å². The summed E-state index contributed by atoms with van der Waals surface area (Å²) in [4.78, 5) is 9.73. The number of aromatic nitrogens is 6. The Morgan fingerprint density at radius 3 is 2.27 bits per heavy atom. The number of hydrogen-bond acceptors (Lipinski definition) is 11. The van der Waals surface area contributed by atoms with Gasteiger partial charge >= 0.3 is 5.97 Å². The zero-order valence-corrected chi connectivity index (χ0v) is 26.1. The van der Waals surface area contributed by atoms with E-state index >= 15 is 0 Å². The van der Waals surface area contributed by atoms with Gasteiger partial charge in [0.05, 0.1) is 22.0 Å². The van der Waals surface area contributed by atoms with Gasteiger partial charge in [0, 0.05) is 17.3 Å². The second kappa shape index (κ2) is 10.9. The lowest BCUT2D eigenvalue weighted by atomic mass is 9.87. The van der Waals surface area contributed by atoms with Crippen LogP contribution in [0.1, 0.15) is 70.2 Å². The smallest absolute Gasteiger partial charge is 0.303 e. The average Bonchev–Trinajstić information content (AvgIpc) is 3.56. The van der Waals surface area contributed by atoms with Gasteiger partial charge in [0.25, 0.3) is 20.2 Å². The van der Waals surface area contributed by atoms with Crippen LogP contribution in [0, 0.1) is 18.3 Å². The van der Waals surface area contributed by atoms with Gasteiger partial charge in [-0.25, -0.2) is 9.20 Å². The highest BCUT2D eigenvalue weighted by atomic mass is 32.2. The van der Waals surface area contributed by atoms with Crippen molar-refractivity contribution in [1.29, 1.82) is 5.26 Å². The third kappa shape index (κ3) is 6.10. The minimum atomic E-state index is -4.96. The number of nitrogens with zero attached hydrogens (tertiary/aromatic N) is 8. The molecule has 0 unspecified atom stereocenters. The zero-order valence-electron chi connectivity index (χ0n) is 24.4. The van der Waals surface area contributed by atoms with Crippen molar-refractivity contribution in [3.63, 3.8) is 0 Å². The van der Waals surface area contributed by atoms with E-state index in [1.54, 1.807) is 4.52 Å². The van der Waals surface area contributed by atoms with Crippen LogP contribution in [0.5, 0.6) is 0 Å². The van der Waals surface area contributed by atoms with Crippen LogP contribution >= 0.6 is 0 Å². The molecule has 0 amide bonds.